The molecule has 2 N–H and O–H groups in total. The van der Waals surface area contributed by atoms with Crippen LogP contribution in [0.2, 0.25) is 0 Å². The smallest absolute Gasteiger partial charge is 0.222 e. The van der Waals surface area contributed by atoms with Crippen molar-refractivity contribution in [2.24, 2.45) is 0 Å². The van der Waals surface area contributed by atoms with Crippen LogP contribution in [0, 0.1) is 0 Å². The van der Waals surface area contributed by atoms with Crippen LogP contribution in [0.15, 0.2) is 30.3 Å². The van der Waals surface area contributed by atoms with Gasteiger partial charge in [-0.2, -0.15) is 0 Å². The van der Waals surface area contributed by atoms with Crippen LogP contribution in [0.25, 0.3) is 0 Å². The third kappa shape index (κ3) is 3.85. The molecule has 2 saturated heterocycles. The van der Waals surface area contributed by atoms with Crippen molar-refractivity contribution in [3.8, 4) is 0 Å². The highest BCUT2D eigenvalue weighted by Crippen LogP contribution is 2.22. The quantitative estimate of drug-likeness (QED) is 0.827. The van der Waals surface area contributed by atoms with Gasteiger partial charge in [-0.05, 0) is 25.5 Å². The minimum Gasteiger partial charge on any atom is -0.341 e. The first kappa shape index (κ1) is 15.5. The van der Waals surface area contributed by atoms with Crippen molar-refractivity contribution in [2.75, 3.05) is 33.2 Å². The van der Waals surface area contributed by atoms with E-state index in [0.29, 0.717) is 18.0 Å². The lowest BCUT2D eigenvalue weighted by molar-refractivity contribution is -0.127. The monoisotopic (exact) mass is 302 g/mol. The third-order valence-corrected chi connectivity index (χ3v) is 4.64. The molecule has 1 aromatic carbocycles. The van der Waals surface area contributed by atoms with Gasteiger partial charge >= 0.3 is 0 Å². The van der Waals surface area contributed by atoms with Crippen LogP contribution in [0.1, 0.15) is 30.9 Å². The van der Waals surface area contributed by atoms with Gasteiger partial charge in [-0.15, -0.1) is 0 Å². The summed E-state index contributed by atoms with van der Waals surface area (Å²) in [5, 5.41) is 0. The van der Waals surface area contributed by atoms with E-state index in [1.54, 1.807) is 0 Å². The number of likely N-dealkylation sites (N-methyl/N-ethyl adjacent to an activating group) is 1. The zero-order valence-electron chi connectivity index (χ0n) is 13.3. The van der Waals surface area contributed by atoms with Crippen LogP contribution in [-0.4, -0.2) is 55.0 Å². The summed E-state index contributed by atoms with van der Waals surface area (Å²) < 4.78 is 0. The van der Waals surface area contributed by atoms with Gasteiger partial charge in [0.05, 0.1) is 0 Å². The predicted octanol–water partition coefficient (Wildman–Crippen LogP) is 1.15. The van der Waals surface area contributed by atoms with Crippen molar-refractivity contribution in [1.29, 1.82) is 0 Å². The van der Waals surface area contributed by atoms with Crippen LogP contribution in [0.4, 0.5) is 0 Å². The minimum absolute atomic E-state index is 0.318. The lowest BCUT2D eigenvalue weighted by atomic mass is 10.0. The molecular weight excluding hydrogens is 276 g/mol. The van der Waals surface area contributed by atoms with Crippen molar-refractivity contribution >= 4 is 5.91 Å². The van der Waals surface area contributed by atoms with Gasteiger partial charge in [0.1, 0.15) is 0 Å². The van der Waals surface area contributed by atoms with Crippen LogP contribution in [0.3, 0.4) is 0 Å². The first-order chi connectivity index (χ1) is 10.7. The predicted molar refractivity (Wildman–Crippen MR) is 87.2 cm³/mol. The summed E-state index contributed by atoms with van der Waals surface area (Å²) in [6, 6.07) is 11.4. The van der Waals surface area contributed by atoms with Gasteiger partial charge in [0.25, 0.3) is 0 Å². The minimum atomic E-state index is 0.318. The van der Waals surface area contributed by atoms with Gasteiger partial charge in [0.15, 0.2) is 0 Å². The number of benzene rings is 1. The Bertz CT molecular complexity index is 493. The Labute approximate surface area is 132 Å². The second kappa shape index (κ2) is 7.22. The van der Waals surface area contributed by atoms with E-state index in [0.717, 1.165) is 45.4 Å². The maximum Gasteiger partial charge on any atom is 0.222 e. The maximum absolute atomic E-state index is 11.6. The van der Waals surface area contributed by atoms with E-state index in [1.165, 1.54) is 5.56 Å². The number of carbonyl (C=O) groups excluding carboxylic acids is 1. The molecule has 0 aliphatic carbocycles. The standard InChI is InChI=1S/C17H26N4O/c1-20(10-11-21-9-5-8-17(21)22)13-15-12-16(19-18-15)14-6-3-2-4-7-14/h2-4,6-7,15-16,18-19H,5,8-13H2,1H3. The van der Waals surface area contributed by atoms with Crippen LogP contribution in [0.5, 0.6) is 0 Å². The second-order valence-corrected chi connectivity index (χ2v) is 6.43. The molecule has 0 saturated carbocycles. The molecule has 1 amide bonds. The van der Waals surface area contributed by atoms with Crippen molar-refractivity contribution in [1.82, 2.24) is 20.7 Å². The van der Waals surface area contributed by atoms with E-state index < -0.39 is 0 Å². The lowest BCUT2D eigenvalue weighted by Crippen LogP contribution is -2.41. The molecule has 120 valence electrons. The van der Waals surface area contributed by atoms with Crippen LogP contribution < -0.4 is 10.9 Å². The van der Waals surface area contributed by atoms with Crippen LogP contribution in [-0.2, 0) is 4.79 Å². The van der Waals surface area contributed by atoms with E-state index in [9.17, 15) is 4.79 Å². The van der Waals surface area contributed by atoms with E-state index in [2.05, 4.69) is 53.1 Å². The Kier molecular flexibility index (Phi) is 5.08. The summed E-state index contributed by atoms with van der Waals surface area (Å²) in [5.41, 5.74) is 8.13. The molecule has 0 spiro atoms. The molecule has 5 nitrogen and oxygen atoms in total. The summed E-state index contributed by atoms with van der Waals surface area (Å²) in [7, 11) is 2.14. The van der Waals surface area contributed by atoms with Crippen molar-refractivity contribution in [2.45, 2.75) is 31.3 Å². The normalized spacial score (nSPS) is 25.4. The largest absolute Gasteiger partial charge is 0.341 e. The molecular formula is C17H26N4O. The second-order valence-electron chi connectivity index (χ2n) is 6.43. The van der Waals surface area contributed by atoms with E-state index in [1.807, 2.05) is 4.90 Å². The van der Waals surface area contributed by atoms with Crippen molar-refractivity contribution < 1.29 is 4.79 Å². The fraction of sp³-hybridized carbons (Fsp3) is 0.588. The first-order valence-corrected chi connectivity index (χ1v) is 8.24. The number of rotatable bonds is 6. The number of nitrogens with one attached hydrogen (secondary N) is 2. The molecule has 2 aliphatic rings. The number of amides is 1. The average Bonchev–Trinajstić information content (AvgIpc) is 3.15. The Morgan fingerprint density at radius 3 is 2.82 bits per heavy atom. The Morgan fingerprint density at radius 2 is 2.09 bits per heavy atom. The molecule has 1 aromatic rings. The van der Waals surface area contributed by atoms with Gasteiger partial charge in [-0.25, -0.2) is 5.43 Å². The fourth-order valence-electron chi connectivity index (χ4n) is 3.35. The topological polar surface area (TPSA) is 47.6 Å². The maximum atomic E-state index is 11.6. The number of likely N-dealkylation sites (tertiary alicyclic amines) is 1. The van der Waals surface area contributed by atoms with Gasteiger partial charge in [-0.1, -0.05) is 30.3 Å². The number of carbonyl (C=O) groups is 1. The number of nitrogens with zero attached hydrogens (tertiary/aromatic N) is 2. The first-order valence-electron chi connectivity index (χ1n) is 8.24. The molecule has 5 heteroatoms. The SMILES string of the molecule is CN(CCN1CCCC1=O)CC1CC(c2ccccc2)NN1. The Hall–Kier alpha value is -1.43. The molecule has 2 atom stereocenters. The van der Waals surface area contributed by atoms with Gasteiger partial charge in [0.2, 0.25) is 5.91 Å². The van der Waals surface area contributed by atoms with E-state index in [-0.39, 0.29) is 0 Å². The third-order valence-electron chi connectivity index (χ3n) is 4.64. The molecule has 2 aliphatic heterocycles. The van der Waals surface area contributed by atoms with Crippen LogP contribution >= 0.6 is 0 Å². The zero-order valence-corrected chi connectivity index (χ0v) is 13.3. The molecule has 3 rings (SSSR count). The molecule has 2 fully saturated rings. The highest BCUT2D eigenvalue weighted by molar-refractivity contribution is 5.78. The number of hydrogen-bond donors (Lipinski definition) is 2. The van der Waals surface area contributed by atoms with Crippen molar-refractivity contribution in [3.05, 3.63) is 35.9 Å². The summed E-state index contributed by atoms with van der Waals surface area (Å²) in [4.78, 5) is 15.9. The molecule has 22 heavy (non-hydrogen) atoms. The molecule has 2 heterocycles. The van der Waals surface area contributed by atoms with E-state index >= 15 is 0 Å². The average molecular weight is 302 g/mol. The summed E-state index contributed by atoms with van der Waals surface area (Å²) in [5.74, 6) is 0.318. The van der Waals surface area contributed by atoms with E-state index in [4.69, 9.17) is 0 Å². The highest BCUT2D eigenvalue weighted by atomic mass is 16.2. The molecule has 2 unspecified atom stereocenters. The molecule has 0 bridgehead atoms. The molecule has 0 aromatic heterocycles. The van der Waals surface area contributed by atoms with Gasteiger partial charge in [-0.3, -0.25) is 10.2 Å². The summed E-state index contributed by atoms with van der Waals surface area (Å²) >= 11 is 0. The summed E-state index contributed by atoms with van der Waals surface area (Å²) in [6.07, 6.45) is 2.85. The number of hydrogen-bond acceptors (Lipinski definition) is 4. The lowest BCUT2D eigenvalue weighted by Gasteiger charge is -2.23. The Morgan fingerprint density at radius 1 is 1.27 bits per heavy atom. The Balaban J connectivity index is 1.41. The molecule has 0 radical (unpaired) electrons. The summed E-state index contributed by atoms with van der Waals surface area (Å²) in [6.45, 7) is 3.74. The zero-order chi connectivity index (χ0) is 15.4. The van der Waals surface area contributed by atoms with Gasteiger partial charge in [0, 0.05) is 44.7 Å². The highest BCUT2D eigenvalue weighted by Gasteiger charge is 2.26. The van der Waals surface area contributed by atoms with Gasteiger partial charge < -0.3 is 9.80 Å². The van der Waals surface area contributed by atoms with Crippen molar-refractivity contribution in [3.63, 3.8) is 0 Å². The number of hydrazine groups is 1. The fourth-order valence-corrected chi connectivity index (χ4v) is 3.35.